The van der Waals surface area contributed by atoms with Crippen LogP contribution < -0.4 is 4.74 Å². The van der Waals surface area contributed by atoms with E-state index >= 15 is 0 Å². The predicted molar refractivity (Wildman–Crippen MR) is 64.8 cm³/mol. The van der Waals surface area contributed by atoms with E-state index in [1.165, 1.54) is 5.56 Å². The Morgan fingerprint density at radius 1 is 1.31 bits per heavy atom. The topological polar surface area (TPSA) is 29.5 Å². The van der Waals surface area contributed by atoms with Gasteiger partial charge in [0.25, 0.3) is 0 Å². The number of rotatable bonds is 3. The molecule has 1 aromatic rings. The first-order valence-corrected chi connectivity index (χ1v) is 5.85. The Morgan fingerprint density at radius 2 is 1.94 bits per heavy atom. The average molecular weight is 220 g/mol. The third-order valence-electron chi connectivity index (χ3n) is 3.54. The summed E-state index contributed by atoms with van der Waals surface area (Å²) in [6.07, 6.45) is 2.23. The number of ether oxygens (including phenoxy) is 1. The van der Waals surface area contributed by atoms with E-state index in [0.29, 0.717) is 5.92 Å². The molecule has 0 saturated heterocycles. The molecule has 0 heterocycles. The molecule has 2 nitrogen and oxygen atoms in total. The summed E-state index contributed by atoms with van der Waals surface area (Å²) in [6.45, 7) is 6.00. The van der Waals surface area contributed by atoms with Crippen LogP contribution in [0.3, 0.4) is 0 Å². The molecule has 1 aliphatic rings. The van der Waals surface area contributed by atoms with Crippen LogP contribution in [0.4, 0.5) is 0 Å². The summed E-state index contributed by atoms with van der Waals surface area (Å²) < 4.78 is 5.41. The van der Waals surface area contributed by atoms with Gasteiger partial charge in [-0.05, 0) is 56.7 Å². The molecule has 16 heavy (non-hydrogen) atoms. The predicted octanol–water partition coefficient (Wildman–Crippen LogP) is 2.93. The third kappa shape index (κ3) is 1.82. The fraction of sp³-hybridized carbons (Fsp3) is 0.571. The van der Waals surface area contributed by atoms with Gasteiger partial charge < -0.3 is 9.84 Å². The zero-order valence-corrected chi connectivity index (χ0v) is 10.5. The second kappa shape index (κ2) is 3.77. The van der Waals surface area contributed by atoms with E-state index in [0.717, 1.165) is 29.7 Å². The van der Waals surface area contributed by atoms with Gasteiger partial charge in [-0.15, -0.1) is 0 Å². The number of hydrogen-bond donors (Lipinski definition) is 1. The van der Waals surface area contributed by atoms with Crippen molar-refractivity contribution in [1.29, 1.82) is 0 Å². The molecule has 0 radical (unpaired) electrons. The minimum Gasteiger partial charge on any atom is -0.496 e. The Labute approximate surface area is 97.3 Å². The van der Waals surface area contributed by atoms with E-state index in [-0.39, 0.29) is 0 Å². The van der Waals surface area contributed by atoms with E-state index in [4.69, 9.17) is 4.74 Å². The largest absolute Gasteiger partial charge is 0.496 e. The van der Waals surface area contributed by atoms with Crippen LogP contribution in [-0.2, 0) is 5.60 Å². The quantitative estimate of drug-likeness (QED) is 0.848. The summed E-state index contributed by atoms with van der Waals surface area (Å²) in [6, 6.07) is 4.11. The fourth-order valence-corrected chi connectivity index (χ4v) is 2.59. The van der Waals surface area contributed by atoms with E-state index in [1.807, 2.05) is 26.8 Å². The molecule has 2 heteroatoms. The first-order chi connectivity index (χ1) is 7.46. The summed E-state index contributed by atoms with van der Waals surface area (Å²) in [5.74, 6) is 1.21. The molecule has 0 bridgehead atoms. The maximum Gasteiger partial charge on any atom is 0.125 e. The van der Waals surface area contributed by atoms with Crippen molar-refractivity contribution in [3.05, 3.63) is 28.8 Å². The second-order valence-electron chi connectivity index (χ2n) is 5.08. The maximum absolute atomic E-state index is 10.6. The van der Waals surface area contributed by atoms with Crippen LogP contribution in [0.1, 0.15) is 36.5 Å². The lowest BCUT2D eigenvalue weighted by Crippen LogP contribution is -2.26. The third-order valence-corrected chi connectivity index (χ3v) is 3.54. The Bertz CT molecular complexity index is 403. The minimum absolute atomic E-state index is 0.391. The molecule has 1 unspecified atom stereocenters. The minimum atomic E-state index is -0.747. The molecule has 2 rings (SSSR count). The highest BCUT2D eigenvalue weighted by molar-refractivity contribution is 5.47. The number of aryl methyl sites for hydroxylation is 2. The highest BCUT2D eigenvalue weighted by Gasteiger charge is 2.43. The highest BCUT2D eigenvalue weighted by atomic mass is 16.5. The lowest BCUT2D eigenvalue weighted by Gasteiger charge is -2.28. The Morgan fingerprint density at radius 3 is 2.44 bits per heavy atom. The first kappa shape index (κ1) is 11.5. The molecule has 0 aliphatic heterocycles. The molecule has 1 aromatic carbocycles. The molecule has 1 atom stereocenters. The van der Waals surface area contributed by atoms with Gasteiger partial charge in [0.2, 0.25) is 0 Å². The van der Waals surface area contributed by atoms with Crippen molar-refractivity contribution in [2.45, 2.75) is 39.2 Å². The standard InChI is InChI=1S/C14H20O2/c1-9-7-10(2)13(12(8-9)16-4)14(3,15)11-5-6-11/h7-8,11,15H,5-6H2,1-4H3. The molecule has 0 spiro atoms. The van der Waals surface area contributed by atoms with Gasteiger partial charge in [-0.3, -0.25) is 0 Å². The van der Waals surface area contributed by atoms with Gasteiger partial charge in [-0.1, -0.05) is 6.07 Å². The fourth-order valence-electron chi connectivity index (χ4n) is 2.59. The Hall–Kier alpha value is -1.02. The van der Waals surface area contributed by atoms with Crippen molar-refractivity contribution in [3.63, 3.8) is 0 Å². The van der Waals surface area contributed by atoms with Gasteiger partial charge in [0.15, 0.2) is 0 Å². The van der Waals surface area contributed by atoms with Crippen LogP contribution in [0.2, 0.25) is 0 Å². The summed E-state index contributed by atoms with van der Waals surface area (Å²) in [5.41, 5.74) is 2.50. The number of aliphatic hydroxyl groups is 1. The zero-order chi connectivity index (χ0) is 11.9. The van der Waals surface area contributed by atoms with Crippen LogP contribution in [0, 0.1) is 19.8 Å². The zero-order valence-electron chi connectivity index (χ0n) is 10.5. The molecule has 88 valence electrons. The molecule has 0 aromatic heterocycles. The summed E-state index contributed by atoms with van der Waals surface area (Å²) in [7, 11) is 1.67. The first-order valence-electron chi connectivity index (χ1n) is 5.85. The summed E-state index contributed by atoms with van der Waals surface area (Å²) in [4.78, 5) is 0. The lowest BCUT2D eigenvalue weighted by atomic mass is 9.86. The van der Waals surface area contributed by atoms with Crippen LogP contribution in [-0.4, -0.2) is 12.2 Å². The highest BCUT2D eigenvalue weighted by Crippen LogP contribution is 2.49. The van der Waals surface area contributed by atoms with E-state index in [1.54, 1.807) is 7.11 Å². The number of methoxy groups -OCH3 is 1. The average Bonchev–Trinajstić information content (AvgIpc) is 2.98. The SMILES string of the molecule is COc1cc(C)cc(C)c1C(C)(O)C1CC1. The van der Waals surface area contributed by atoms with Crippen molar-refractivity contribution in [1.82, 2.24) is 0 Å². The van der Waals surface area contributed by atoms with Crippen LogP contribution in [0.15, 0.2) is 12.1 Å². The van der Waals surface area contributed by atoms with Crippen LogP contribution >= 0.6 is 0 Å². The molecule has 1 saturated carbocycles. The normalized spacial score (nSPS) is 19.3. The molecule has 1 N–H and O–H groups in total. The lowest BCUT2D eigenvalue weighted by molar-refractivity contribution is 0.0300. The van der Waals surface area contributed by atoms with Crippen LogP contribution in [0.5, 0.6) is 5.75 Å². The summed E-state index contributed by atoms with van der Waals surface area (Å²) >= 11 is 0. The number of hydrogen-bond acceptors (Lipinski definition) is 2. The molecule has 0 amide bonds. The number of benzene rings is 1. The monoisotopic (exact) mass is 220 g/mol. The van der Waals surface area contributed by atoms with Crippen molar-refractivity contribution in [2.75, 3.05) is 7.11 Å². The molecule has 1 fully saturated rings. The van der Waals surface area contributed by atoms with Crippen molar-refractivity contribution >= 4 is 0 Å². The Balaban J connectivity index is 2.53. The smallest absolute Gasteiger partial charge is 0.125 e. The van der Waals surface area contributed by atoms with E-state index in [2.05, 4.69) is 6.07 Å². The van der Waals surface area contributed by atoms with Gasteiger partial charge in [-0.2, -0.15) is 0 Å². The molecule has 1 aliphatic carbocycles. The molecular formula is C14H20O2. The van der Waals surface area contributed by atoms with Crippen molar-refractivity contribution < 1.29 is 9.84 Å². The van der Waals surface area contributed by atoms with Gasteiger partial charge in [0.05, 0.1) is 12.7 Å². The van der Waals surface area contributed by atoms with E-state index in [9.17, 15) is 5.11 Å². The van der Waals surface area contributed by atoms with Gasteiger partial charge in [-0.25, -0.2) is 0 Å². The molecular weight excluding hydrogens is 200 g/mol. The van der Waals surface area contributed by atoms with Crippen LogP contribution in [0.25, 0.3) is 0 Å². The Kier molecular flexibility index (Phi) is 2.70. The summed E-state index contributed by atoms with van der Waals surface area (Å²) in [5, 5.41) is 10.6. The van der Waals surface area contributed by atoms with Crippen molar-refractivity contribution in [2.24, 2.45) is 5.92 Å². The van der Waals surface area contributed by atoms with Gasteiger partial charge in [0, 0.05) is 5.56 Å². The maximum atomic E-state index is 10.6. The van der Waals surface area contributed by atoms with Gasteiger partial charge >= 0.3 is 0 Å². The second-order valence-corrected chi connectivity index (χ2v) is 5.08. The van der Waals surface area contributed by atoms with Gasteiger partial charge in [0.1, 0.15) is 5.75 Å². The van der Waals surface area contributed by atoms with Crippen molar-refractivity contribution in [3.8, 4) is 5.75 Å². The van der Waals surface area contributed by atoms with E-state index < -0.39 is 5.60 Å².